The van der Waals surface area contributed by atoms with Crippen molar-refractivity contribution in [1.29, 1.82) is 0 Å². The summed E-state index contributed by atoms with van der Waals surface area (Å²) in [6, 6.07) is 0. The molecule has 0 N–H and O–H groups in total. The molecule has 4 atom stereocenters. The molecule has 0 bridgehead atoms. The highest BCUT2D eigenvalue weighted by atomic mass is 16.7. The molecular weight excluding hydrogens is 244 g/mol. The number of carbonyl (C=O) groups is 2. The molecule has 4 heteroatoms. The number of ether oxygens (including phenoxy) is 2. The predicted molar refractivity (Wildman–Crippen MR) is 70.2 cm³/mol. The molecule has 0 amide bonds. The molecule has 19 heavy (non-hydrogen) atoms. The molecule has 4 nitrogen and oxygen atoms in total. The Kier molecular flexibility index (Phi) is 4.40. The Morgan fingerprint density at radius 2 is 2.16 bits per heavy atom. The number of carbonyl (C=O) groups excluding carboxylic acids is 2. The smallest absolute Gasteiger partial charge is 0.333 e. The highest BCUT2D eigenvalue weighted by Gasteiger charge is 2.36. The lowest BCUT2D eigenvalue weighted by Crippen LogP contribution is -2.37. The minimum atomic E-state index is -0.804. The van der Waals surface area contributed by atoms with Gasteiger partial charge < -0.3 is 9.47 Å². The minimum absolute atomic E-state index is 0.0583. The van der Waals surface area contributed by atoms with E-state index in [0.717, 1.165) is 12.8 Å². The fraction of sp³-hybridized carbons (Fsp3) is 0.733. The van der Waals surface area contributed by atoms with Crippen molar-refractivity contribution in [1.82, 2.24) is 0 Å². The van der Waals surface area contributed by atoms with Crippen LogP contribution in [0, 0.1) is 17.8 Å². The van der Waals surface area contributed by atoms with Gasteiger partial charge in [-0.3, -0.25) is 4.79 Å². The first-order valence-corrected chi connectivity index (χ1v) is 7.04. The van der Waals surface area contributed by atoms with Gasteiger partial charge in [0.15, 0.2) is 6.29 Å². The molecule has 0 saturated heterocycles. The van der Waals surface area contributed by atoms with Gasteiger partial charge in [-0.25, -0.2) is 4.79 Å². The van der Waals surface area contributed by atoms with Crippen LogP contribution in [0.5, 0.6) is 0 Å². The molecule has 0 aromatic carbocycles. The van der Waals surface area contributed by atoms with Crippen molar-refractivity contribution in [2.75, 3.05) is 0 Å². The van der Waals surface area contributed by atoms with E-state index in [1.165, 1.54) is 12.5 Å². The second-order valence-corrected chi connectivity index (χ2v) is 6.03. The quantitative estimate of drug-likeness (QED) is 0.579. The molecule has 1 heterocycles. The zero-order valence-electron chi connectivity index (χ0n) is 11.8. The zero-order chi connectivity index (χ0) is 14.0. The Morgan fingerprint density at radius 1 is 1.42 bits per heavy atom. The van der Waals surface area contributed by atoms with E-state index in [9.17, 15) is 9.59 Å². The lowest BCUT2D eigenvalue weighted by atomic mass is 9.75. The van der Waals surface area contributed by atoms with E-state index >= 15 is 0 Å². The van der Waals surface area contributed by atoms with Gasteiger partial charge in [-0.1, -0.05) is 27.2 Å². The van der Waals surface area contributed by atoms with Crippen LogP contribution in [-0.2, 0) is 19.1 Å². The first-order valence-electron chi connectivity index (χ1n) is 7.04. The highest BCUT2D eigenvalue weighted by molar-refractivity contribution is 5.93. The molecule has 2 rings (SSSR count). The molecule has 1 saturated carbocycles. The van der Waals surface area contributed by atoms with Crippen LogP contribution in [0.4, 0.5) is 0 Å². The molecule has 0 spiro atoms. The highest BCUT2D eigenvalue weighted by Crippen LogP contribution is 2.36. The first kappa shape index (κ1) is 14.3. The summed E-state index contributed by atoms with van der Waals surface area (Å²) in [5.41, 5.74) is 0.297. The Labute approximate surface area is 114 Å². The van der Waals surface area contributed by atoms with Crippen molar-refractivity contribution in [2.45, 2.75) is 52.4 Å². The van der Waals surface area contributed by atoms with Gasteiger partial charge in [0.2, 0.25) is 6.29 Å². The standard InChI is InChI=1S/C15H22O4/c1-9(2)12-5-4-10(3)6-13(12)18-15-11(8-16)7-14(17)19-15/h7-10,12-13,15H,4-6H2,1-3H3/t10-,12+,13-,15?/m1/s1. The van der Waals surface area contributed by atoms with Gasteiger partial charge in [0.25, 0.3) is 0 Å². The van der Waals surface area contributed by atoms with Crippen molar-refractivity contribution in [3.63, 3.8) is 0 Å². The lowest BCUT2D eigenvalue weighted by molar-refractivity contribution is -0.180. The normalized spacial score (nSPS) is 35.2. The molecule has 1 aliphatic heterocycles. The molecular formula is C15H22O4. The van der Waals surface area contributed by atoms with Gasteiger partial charge >= 0.3 is 5.97 Å². The average Bonchev–Trinajstić information content (AvgIpc) is 2.69. The summed E-state index contributed by atoms with van der Waals surface area (Å²) in [7, 11) is 0. The molecule has 0 aromatic heterocycles. The van der Waals surface area contributed by atoms with Crippen LogP contribution in [0.25, 0.3) is 0 Å². The number of cyclic esters (lactones) is 1. The number of esters is 1. The van der Waals surface area contributed by atoms with Crippen molar-refractivity contribution < 1.29 is 19.1 Å². The van der Waals surface area contributed by atoms with E-state index in [-0.39, 0.29) is 6.10 Å². The first-order chi connectivity index (χ1) is 9.01. The summed E-state index contributed by atoms with van der Waals surface area (Å²) in [5, 5.41) is 0. The Balaban J connectivity index is 2.05. The number of aldehydes is 1. The van der Waals surface area contributed by atoms with Gasteiger partial charge in [-0.05, 0) is 30.6 Å². The van der Waals surface area contributed by atoms with Gasteiger partial charge in [0, 0.05) is 6.08 Å². The van der Waals surface area contributed by atoms with Gasteiger partial charge in [-0.2, -0.15) is 0 Å². The molecule has 1 unspecified atom stereocenters. The van der Waals surface area contributed by atoms with Crippen LogP contribution in [0.3, 0.4) is 0 Å². The monoisotopic (exact) mass is 266 g/mol. The SMILES string of the molecule is CC(C)[C@@H]1CC[C@@H](C)C[C@H]1OC1OC(=O)C=C1C=O. The number of hydrogen-bond donors (Lipinski definition) is 0. The maximum absolute atomic E-state index is 11.2. The van der Waals surface area contributed by atoms with E-state index in [1.807, 2.05) is 0 Å². The summed E-state index contributed by atoms with van der Waals surface area (Å²) in [6.07, 6.45) is 4.42. The van der Waals surface area contributed by atoms with Crippen LogP contribution in [0.15, 0.2) is 11.6 Å². The summed E-state index contributed by atoms with van der Waals surface area (Å²) < 4.78 is 11.0. The van der Waals surface area contributed by atoms with E-state index in [0.29, 0.717) is 29.6 Å². The summed E-state index contributed by atoms with van der Waals surface area (Å²) >= 11 is 0. The van der Waals surface area contributed by atoms with Crippen LogP contribution in [0.2, 0.25) is 0 Å². The third kappa shape index (κ3) is 3.24. The Bertz CT molecular complexity index is 386. The number of hydrogen-bond acceptors (Lipinski definition) is 4. The summed E-state index contributed by atoms with van der Waals surface area (Å²) in [6.45, 7) is 6.59. The van der Waals surface area contributed by atoms with E-state index < -0.39 is 12.3 Å². The minimum Gasteiger partial charge on any atom is -0.428 e. The average molecular weight is 266 g/mol. The van der Waals surface area contributed by atoms with Crippen LogP contribution in [-0.4, -0.2) is 24.6 Å². The second kappa shape index (κ2) is 5.87. The summed E-state index contributed by atoms with van der Waals surface area (Å²) in [5.74, 6) is 1.11. The fourth-order valence-corrected chi connectivity index (χ4v) is 3.04. The van der Waals surface area contributed by atoms with Crippen molar-refractivity contribution >= 4 is 12.3 Å². The van der Waals surface area contributed by atoms with Crippen LogP contribution >= 0.6 is 0 Å². The molecule has 1 aliphatic carbocycles. The largest absolute Gasteiger partial charge is 0.428 e. The second-order valence-electron chi connectivity index (χ2n) is 6.03. The van der Waals surface area contributed by atoms with E-state index in [4.69, 9.17) is 9.47 Å². The third-order valence-corrected chi connectivity index (χ3v) is 4.18. The Morgan fingerprint density at radius 3 is 2.79 bits per heavy atom. The van der Waals surface area contributed by atoms with Crippen molar-refractivity contribution in [2.24, 2.45) is 17.8 Å². The molecule has 106 valence electrons. The maximum atomic E-state index is 11.2. The molecule has 1 fully saturated rings. The van der Waals surface area contributed by atoms with Gasteiger partial charge in [0.1, 0.15) is 0 Å². The van der Waals surface area contributed by atoms with Crippen LogP contribution in [0.1, 0.15) is 40.0 Å². The third-order valence-electron chi connectivity index (χ3n) is 4.18. The van der Waals surface area contributed by atoms with Crippen molar-refractivity contribution in [3.8, 4) is 0 Å². The number of rotatable bonds is 4. The van der Waals surface area contributed by atoms with E-state index in [2.05, 4.69) is 20.8 Å². The van der Waals surface area contributed by atoms with E-state index in [1.54, 1.807) is 0 Å². The van der Waals surface area contributed by atoms with Gasteiger partial charge in [0.05, 0.1) is 11.7 Å². The topological polar surface area (TPSA) is 52.6 Å². The van der Waals surface area contributed by atoms with Crippen molar-refractivity contribution in [3.05, 3.63) is 11.6 Å². The lowest BCUT2D eigenvalue weighted by Gasteiger charge is -2.38. The Hall–Kier alpha value is -1.16. The zero-order valence-corrected chi connectivity index (χ0v) is 11.8. The maximum Gasteiger partial charge on any atom is 0.333 e. The molecule has 2 aliphatic rings. The van der Waals surface area contributed by atoms with Gasteiger partial charge in [-0.15, -0.1) is 0 Å². The molecule has 0 radical (unpaired) electrons. The van der Waals surface area contributed by atoms with Crippen LogP contribution < -0.4 is 0 Å². The predicted octanol–water partition coefficient (Wildman–Crippen LogP) is 2.47. The fourth-order valence-electron chi connectivity index (χ4n) is 3.04. The summed E-state index contributed by atoms with van der Waals surface area (Å²) in [4.78, 5) is 22.1. The molecule has 0 aromatic rings.